The Labute approximate surface area is 302 Å². The zero-order valence-electron chi connectivity index (χ0n) is 29.0. The van der Waals surface area contributed by atoms with E-state index in [2.05, 4.69) is 138 Å². The minimum absolute atomic E-state index is 0.0873. The van der Waals surface area contributed by atoms with Crippen LogP contribution in [0.15, 0.2) is 144 Å². The van der Waals surface area contributed by atoms with E-state index in [4.69, 9.17) is 4.42 Å². The van der Waals surface area contributed by atoms with Gasteiger partial charge in [-0.25, -0.2) is 0 Å². The van der Waals surface area contributed by atoms with E-state index in [0.29, 0.717) is 11.8 Å². The van der Waals surface area contributed by atoms with Gasteiger partial charge in [0, 0.05) is 38.2 Å². The summed E-state index contributed by atoms with van der Waals surface area (Å²) in [6.45, 7) is 0. The average molecular weight is 668 g/mol. The summed E-state index contributed by atoms with van der Waals surface area (Å²) in [5, 5.41) is 7.92. The largest absolute Gasteiger partial charge is 0.455 e. The molecule has 2 heteroatoms. The van der Waals surface area contributed by atoms with Crippen molar-refractivity contribution in [3.8, 4) is 27.9 Å². The van der Waals surface area contributed by atoms with Crippen molar-refractivity contribution in [1.82, 2.24) is 4.57 Å². The smallest absolute Gasteiger partial charge is 0.143 e. The third-order valence-corrected chi connectivity index (χ3v) is 14.2. The number of benzene rings is 7. The third kappa shape index (κ3) is 3.38. The third-order valence-electron chi connectivity index (χ3n) is 14.2. The molecule has 2 heterocycles. The molecule has 9 aromatic rings. The van der Waals surface area contributed by atoms with Crippen LogP contribution in [0.4, 0.5) is 0 Å². The fourth-order valence-corrected chi connectivity index (χ4v) is 12.6. The number of nitrogens with zero attached hydrogens (tertiary/aromatic N) is 1. The molecule has 0 amide bonds. The number of fused-ring (bicyclic) bond motifs is 12. The predicted octanol–water partition coefficient (Wildman–Crippen LogP) is 13.2. The van der Waals surface area contributed by atoms with E-state index in [1.807, 2.05) is 6.07 Å². The molecule has 5 aliphatic rings. The highest BCUT2D eigenvalue weighted by atomic mass is 16.3. The first kappa shape index (κ1) is 28.0. The molecule has 14 rings (SSSR count). The molecule has 1 spiro atoms. The second kappa shape index (κ2) is 9.83. The summed E-state index contributed by atoms with van der Waals surface area (Å²) in [5.74, 6) is 3.25. The Bertz CT molecular complexity index is 2950. The van der Waals surface area contributed by atoms with Crippen LogP contribution < -0.4 is 0 Å². The lowest BCUT2D eigenvalue weighted by Crippen LogP contribution is -2.55. The fraction of sp³-hybridized carbons (Fsp3) is 0.200. The van der Waals surface area contributed by atoms with Gasteiger partial charge in [0.25, 0.3) is 0 Å². The molecule has 4 saturated carbocycles. The van der Waals surface area contributed by atoms with Crippen molar-refractivity contribution in [1.29, 1.82) is 0 Å². The molecule has 0 saturated heterocycles. The van der Waals surface area contributed by atoms with Crippen molar-refractivity contribution in [2.45, 2.75) is 37.5 Å². The highest BCUT2D eigenvalue weighted by Gasteiger charge is 2.62. The molecule has 7 aromatic carbocycles. The molecule has 0 N–H and O–H groups in total. The molecule has 5 aliphatic carbocycles. The lowest BCUT2D eigenvalue weighted by Gasteiger charge is -2.61. The highest BCUT2D eigenvalue weighted by molar-refractivity contribution is 6.24. The minimum atomic E-state index is 0.0873. The first-order valence-corrected chi connectivity index (χ1v) is 19.4. The molecule has 4 bridgehead atoms. The van der Waals surface area contributed by atoms with E-state index in [0.717, 1.165) is 28.6 Å². The summed E-state index contributed by atoms with van der Waals surface area (Å²) in [6, 6.07) is 52.4. The van der Waals surface area contributed by atoms with E-state index >= 15 is 0 Å². The Hall–Kier alpha value is -5.60. The van der Waals surface area contributed by atoms with Gasteiger partial charge in [-0.1, -0.05) is 109 Å². The number of para-hydroxylation sites is 2. The summed E-state index contributed by atoms with van der Waals surface area (Å²) >= 11 is 0. The van der Waals surface area contributed by atoms with Gasteiger partial charge in [0.1, 0.15) is 11.2 Å². The Morgan fingerprint density at radius 2 is 1.17 bits per heavy atom. The van der Waals surface area contributed by atoms with Crippen molar-refractivity contribution < 1.29 is 4.42 Å². The summed E-state index contributed by atoms with van der Waals surface area (Å²) in [5.41, 5.74) is 14.3. The Morgan fingerprint density at radius 3 is 2.02 bits per heavy atom. The first-order valence-electron chi connectivity index (χ1n) is 19.4. The van der Waals surface area contributed by atoms with Crippen LogP contribution in [0.5, 0.6) is 0 Å². The van der Waals surface area contributed by atoms with E-state index in [1.54, 1.807) is 11.1 Å². The van der Waals surface area contributed by atoms with Gasteiger partial charge in [-0.3, -0.25) is 0 Å². The maximum Gasteiger partial charge on any atom is 0.143 e. The van der Waals surface area contributed by atoms with Crippen LogP contribution in [-0.4, -0.2) is 4.57 Å². The molecular formula is C50H37NO. The first-order chi connectivity index (χ1) is 25.8. The van der Waals surface area contributed by atoms with E-state index in [-0.39, 0.29) is 5.41 Å². The molecule has 2 aromatic heterocycles. The van der Waals surface area contributed by atoms with Crippen LogP contribution in [0, 0.1) is 23.7 Å². The monoisotopic (exact) mass is 667 g/mol. The summed E-state index contributed by atoms with van der Waals surface area (Å²) in [6.07, 6.45) is 7.00. The van der Waals surface area contributed by atoms with Crippen LogP contribution in [0.25, 0.3) is 82.5 Å². The molecule has 2 nitrogen and oxygen atoms in total. The van der Waals surface area contributed by atoms with Crippen molar-refractivity contribution in [3.05, 3.63) is 151 Å². The van der Waals surface area contributed by atoms with Crippen molar-refractivity contribution >= 4 is 54.5 Å². The molecule has 0 atom stereocenters. The summed E-state index contributed by atoms with van der Waals surface area (Å²) < 4.78 is 9.02. The topological polar surface area (TPSA) is 18.1 Å². The van der Waals surface area contributed by atoms with Gasteiger partial charge >= 0.3 is 0 Å². The predicted molar refractivity (Wildman–Crippen MR) is 214 cm³/mol. The lowest BCUT2D eigenvalue weighted by atomic mass is 9.43. The number of rotatable bonds is 2. The minimum Gasteiger partial charge on any atom is -0.455 e. The van der Waals surface area contributed by atoms with Gasteiger partial charge in [-0.2, -0.15) is 0 Å². The van der Waals surface area contributed by atoms with Crippen molar-refractivity contribution in [3.63, 3.8) is 0 Å². The van der Waals surface area contributed by atoms with Crippen LogP contribution in [0.2, 0.25) is 0 Å². The molecule has 0 radical (unpaired) electrons. The Morgan fingerprint density at radius 1 is 0.500 bits per heavy atom. The van der Waals surface area contributed by atoms with Gasteiger partial charge in [-0.05, 0) is 125 Å². The highest BCUT2D eigenvalue weighted by Crippen LogP contribution is 2.70. The second-order valence-corrected chi connectivity index (χ2v) is 16.4. The zero-order chi connectivity index (χ0) is 33.7. The van der Waals surface area contributed by atoms with Crippen LogP contribution in [-0.2, 0) is 5.41 Å². The van der Waals surface area contributed by atoms with Gasteiger partial charge in [0.2, 0.25) is 0 Å². The second-order valence-electron chi connectivity index (χ2n) is 16.4. The molecule has 52 heavy (non-hydrogen) atoms. The van der Waals surface area contributed by atoms with Crippen molar-refractivity contribution in [2.24, 2.45) is 23.7 Å². The lowest BCUT2D eigenvalue weighted by molar-refractivity contribution is -0.0393. The average Bonchev–Trinajstić information content (AvgIpc) is 3.83. The molecular weight excluding hydrogens is 631 g/mol. The Balaban J connectivity index is 1.09. The summed E-state index contributed by atoms with van der Waals surface area (Å²) in [7, 11) is 0. The molecule has 0 unspecified atom stereocenters. The van der Waals surface area contributed by atoms with E-state index in [1.165, 1.54) is 97.8 Å². The maximum atomic E-state index is 6.46. The fourth-order valence-electron chi connectivity index (χ4n) is 12.6. The van der Waals surface area contributed by atoms with Crippen LogP contribution in [0.3, 0.4) is 0 Å². The quantitative estimate of drug-likeness (QED) is 0.179. The molecule has 0 aliphatic heterocycles. The standard InChI is InChI=1S/C50H37NO/c1-2-9-36-31(8-1)18-22-43-46(36)47-44(51(43)35-19-16-32(17-20-35)37-12-7-13-41-39-11-4-6-15-45(39)52-49(37)41)23-21-40-38-10-3-5-14-42(38)50(48(40)47)33-25-29-24-30(27-33)28-34(50)26-29/h1-23,29-30,33-34H,24-28H2. The van der Waals surface area contributed by atoms with Crippen LogP contribution >= 0.6 is 0 Å². The van der Waals surface area contributed by atoms with E-state index < -0.39 is 0 Å². The van der Waals surface area contributed by atoms with Crippen molar-refractivity contribution in [2.75, 3.05) is 0 Å². The molecule has 248 valence electrons. The molecule has 4 fully saturated rings. The van der Waals surface area contributed by atoms with Crippen LogP contribution in [0.1, 0.15) is 43.2 Å². The van der Waals surface area contributed by atoms with Gasteiger partial charge in [-0.15, -0.1) is 0 Å². The van der Waals surface area contributed by atoms with Gasteiger partial charge in [0.05, 0.1) is 11.0 Å². The maximum absolute atomic E-state index is 6.46. The van der Waals surface area contributed by atoms with E-state index in [9.17, 15) is 0 Å². The van der Waals surface area contributed by atoms with Gasteiger partial charge < -0.3 is 8.98 Å². The number of aromatic nitrogens is 1. The number of furan rings is 1. The normalized spacial score (nSPS) is 24.2. The number of hydrogen-bond donors (Lipinski definition) is 0. The SMILES string of the molecule is c1ccc2c(c1)-c1ccc3c(c1C21C2CC4CC(C2)CC1C4)c1c2ccccc2ccc1n3-c1ccc(-c2cccc3c2oc2ccccc23)cc1. The Kier molecular flexibility index (Phi) is 5.30. The summed E-state index contributed by atoms with van der Waals surface area (Å²) in [4.78, 5) is 0. The number of hydrogen-bond acceptors (Lipinski definition) is 1. The van der Waals surface area contributed by atoms with Gasteiger partial charge in [0.15, 0.2) is 0 Å². The zero-order valence-corrected chi connectivity index (χ0v) is 29.0.